The number of nitrogens with zero attached hydrogens (tertiary/aromatic N) is 4. The summed E-state index contributed by atoms with van der Waals surface area (Å²) in [6.07, 6.45) is 7.28. The summed E-state index contributed by atoms with van der Waals surface area (Å²) in [7, 11) is 3.87. The number of unbranched alkanes of at least 4 members (excludes halogenated alkanes) is 2. The molecule has 0 aliphatic heterocycles. The van der Waals surface area contributed by atoms with E-state index >= 15 is 0 Å². The first-order valence-corrected chi connectivity index (χ1v) is 9.44. The van der Waals surface area contributed by atoms with Gasteiger partial charge in [-0.05, 0) is 18.6 Å². The fourth-order valence-corrected chi connectivity index (χ4v) is 2.62. The number of hydrogen-bond donors (Lipinski definition) is 2. The Morgan fingerprint density at radius 1 is 1.19 bits per heavy atom. The third-order valence-corrected chi connectivity index (χ3v) is 4.02. The Hall–Kier alpha value is -2.77. The maximum absolute atomic E-state index is 12.3. The topological polar surface area (TPSA) is 84.3 Å². The Bertz CT molecular complexity index is 688. The SMILES string of the molecule is CCCCCNC(=O)Nc1c(OCCCn2nccn2)cccc1N(C)C. The van der Waals surface area contributed by atoms with Gasteiger partial charge in [0.15, 0.2) is 0 Å². The highest BCUT2D eigenvalue weighted by molar-refractivity contribution is 5.95. The molecule has 0 aliphatic rings. The summed E-state index contributed by atoms with van der Waals surface area (Å²) in [5.74, 6) is 0.651. The number of aromatic nitrogens is 3. The lowest BCUT2D eigenvalue weighted by atomic mass is 10.2. The molecular weight excluding hydrogens is 344 g/mol. The minimum absolute atomic E-state index is 0.217. The van der Waals surface area contributed by atoms with Crippen LogP contribution >= 0.6 is 0 Å². The van der Waals surface area contributed by atoms with Crippen molar-refractivity contribution in [2.75, 3.05) is 37.5 Å². The minimum Gasteiger partial charge on any atom is -0.491 e. The van der Waals surface area contributed by atoms with Gasteiger partial charge in [0.1, 0.15) is 11.4 Å². The third kappa shape index (κ3) is 6.80. The van der Waals surface area contributed by atoms with Crippen molar-refractivity contribution in [3.8, 4) is 5.75 Å². The molecule has 1 aromatic carbocycles. The van der Waals surface area contributed by atoms with E-state index in [1.165, 1.54) is 0 Å². The number of carbonyl (C=O) groups excluding carboxylic acids is 1. The summed E-state index contributed by atoms with van der Waals surface area (Å²) in [6.45, 7) is 3.99. The van der Waals surface area contributed by atoms with Crippen molar-refractivity contribution in [2.45, 2.75) is 39.2 Å². The van der Waals surface area contributed by atoms with E-state index in [-0.39, 0.29) is 6.03 Å². The lowest BCUT2D eigenvalue weighted by Crippen LogP contribution is -2.30. The Balaban J connectivity index is 1.96. The fraction of sp³-hybridized carbons (Fsp3) is 0.526. The molecule has 0 atom stereocenters. The van der Waals surface area contributed by atoms with Gasteiger partial charge in [0, 0.05) is 27.1 Å². The van der Waals surface area contributed by atoms with E-state index in [0.29, 0.717) is 31.1 Å². The monoisotopic (exact) mass is 374 g/mol. The molecule has 8 nitrogen and oxygen atoms in total. The molecule has 0 radical (unpaired) electrons. The molecule has 2 rings (SSSR count). The molecule has 148 valence electrons. The summed E-state index contributed by atoms with van der Waals surface area (Å²) in [5.41, 5.74) is 1.57. The molecule has 2 aromatic rings. The lowest BCUT2D eigenvalue weighted by Gasteiger charge is -2.21. The number of para-hydroxylation sites is 1. The van der Waals surface area contributed by atoms with Crippen LogP contribution in [0.2, 0.25) is 0 Å². The number of rotatable bonds is 11. The average Bonchev–Trinajstić information content (AvgIpc) is 3.16. The zero-order chi connectivity index (χ0) is 19.5. The van der Waals surface area contributed by atoms with Crippen LogP contribution in [-0.2, 0) is 6.54 Å². The Labute approximate surface area is 160 Å². The second kappa shape index (κ2) is 11.1. The first-order valence-electron chi connectivity index (χ1n) is 9.44. The van der Waals surface area contributed by atoms with Gasteiger partial charge in [0.2, 0.25) is 0 Å². The van der Waals surface area contributed by atoms with E-state index in [2.05, 4.69) is 27.8 Å². The van der Waals surface area contributed by atoms with Gasteiger partial charge in [-0.15, -0.1) is 0 Å². The highest BCUT2D eigenvalue weighted by Gasteiger charge is 2.14. The van der Waals surface area contributed by atoms with Crippen LogP contribution in [0.5, 0.6) is 5.75 Å². The predicted molar refractivity (Wildman–Crippen MR) is 107 cm³/mol. The van der Waals surface area contributed by atoms with E-state index in [4.69, 9.17) is 4.74 Å². The normalized spacial score (nSPS) is 10.5. The molecule has 0 unspecified atom stereocenters. The standard InChI is InChI=1S/C19H30N6O2/c1-4-5-6-11-20-19(26)23-18-16(24(2)3)9-7-10-17(18)27-15-8-14-25-21-12-13-22-25/h7,9-10,12-13H,4-6,8,11,14-15H2,1-3H3,(H2,20,23,26). The number of aryl methyl sites for hydroxylation is 1. The highest BCUT2D eigenvalue weighted by Crippen LogP contribution is 2.34. The third-order valence-electron chi connectivity index (χ3n) is 4.02. The van der Waals surface area contributed by atoms with E-state index in [9.17, 15) is 4.79 Å². The van der Waals surface area contributed by atoms with Crippen LogP contribution in [0.15, 0.2) is 30.6 Å². The van der Waals surface area contributed by atoms with Crippen LogP contribution in [0.3, 0.4) is 0 Å². The summed E-state index contributed by atoms with van der Waals surface area (Å²) in [4.78, 5) is 15.9. The second-order valence-electron chi connectivity index (χ2n) is 6.46. The van der Waals surface area contributed by atoms with Gasteiger partial charge in [0.05, 0.1) is 31.2 Å². The fourth-order valence-electron chi connectivity index (χ4n) is 2.62. The molecule has 1 heterocycles. The molecule has 2 amide bonds. The number of carbonyl (C=O) groups is 1. The number of ether oxygens (including phenoxy) is 1. The first kappa shape index (κ1) is 20.5. The molecule has 0 fully saturated rings. The molecule has 0 saturated carbocycles. The highest BCUT2D eigenvalue weighted by atomic mass is 16.5. The summed E-state index contributed by atoms with van der Waals surface area (Å²) >= 11 is 0. The first-order chi connectivity index (χ1) is 13.1. The molecule has 0 saturated heterocycles. The number of nitrogens with one attached hydrogen (secondary N) is 2. The molecule has 0 spiro atoms. The van der Waals surface area contributed by atoms with Crippen molar-refractivity contribution < 1.29 is 9.53 Å². The van der Waals surface area contributed by atoms with E-state index in [1.54, 1.807) is 17.2 Å². The van der Waals surface area contributed by atoms with Crippen LogP contribution in [0.25, 0.3) is 0 Å². The summed E-state index contributed by atoms with van der Waals surface area (Å²) in [5, 5.41) is 14.0. The van der Waals surface area contributed by atoms with Crippen LogP contribution < -0.4 is 20.3 Å². The van der Waals surface area contributed by atoms with E-state index in [0.717, 1.165) is 31.4 Å². The van der Waals surface area contributed by atoms with Crippen LogP contribution in [0, 0.1) is 0 Å². The van der Waals surface area contributed by atoms with Crippen LogP contribution in [0.4, 0.5) is 16.2 Å². The van der Waals surface area contributed by atoms with Crippen LogP contribution in [-0.4, -0.2) is 48.3 Å². The van der Waals surface area contributed by atoms with Gasteiger partial charge < -0.3 is 20.3 Å². The largest absolute Gasteiger partial charge is 0.491 e. The maximum atomic E-state index is 12.3. The number of hydrogen-bond acceptors (Lipinski definition) is 5. The molecule has 8 heteroatoms. The Morgan fingerprint density at radius 3 is 2.67 bits per heavy atom. The number of amides is 2. The molecular formula is C19H30N6O2. The van der Waals surface area contributed by atoms with Crippen molar-refractivity contribution in [2.24, 2.45) is 0 Å². The predicted octanol–water partition coefficient (Wildman–Crippen LogP) is 3.12. The summed E-state index contributed by atoms with van der Waals surface area (Å²) in [6, 6.07) is 5.52. The van der Waals surface area contributed by atoms with E-state index < -0.39 is 0 Å². The second-order valence-corrected chi connectivity index (χ2v) is 6.46. The number of anilines is 2. The Morgan fingerprint density at radius 2 is 1.96 bits per heavy atom. The van der Waals surface area contributed by atoms with Gasteiger partial charge in [-0.1, -0.05) is 25.8 Å². The van der Waals surface area contributed by atoms with Gasteiger partial charge in [-0.25, -0.2) is 4.79 Å². The smallest absolute Gasteiger partial charge is 0.319 e. The van der Waals surface area contributed by atoms with Gasteiger partial charge in [-0.2, -0.15) is 15.0 Å². The van der Waals surface area contributed by atoms with Crippen molar-refractivity contribution in [3.63, 3.8) is 0 Å². The van der Waals surface area contributed by atoms with Gasteiger partial charge >= 0.3 is 6.03 Å². The molecule has 27 heavy (non-hydrogen) atoms. The number of benzene rings is 1. The molecule has 2 N–H and O–H groups in total. The minimum atomic E-state index is -0.217. The van der Waals surface area contributed by atoms with Crippen LogP contribution in [0.1, 0.15) is 32.6 Å². The van der Waals surface area contributed by atoms with E-state index in [1.807, 2.05) is 37.2 Å². The van der Waals surface area contributed by atoms with Gasteiger partial charge in [-0.3, -0.25) is 0 Å². The van der Waals surface area contributed by atoms with Crippen molar-refractivity contribution in [3.05, 3.63) is 30.6 Å². The molecule has 0 bridgehead atoms. The lowest BCUT2D eigenvalue weighted by molar-refractivity contribution is 0.251. The van der Waals surface area contributed by atoms with Crippen molar-refractivity contribution >= 4 is 17.4 Å². The maximum Gasteiger partial charge on any atom is 0.319 e. The zero-order valence-electron chi connectivity index (χ0n) is 16.4. The summed E-state index contributed by atoms with van der Waals surface area (Å²) < 4.78 is 5.93. The molecule has 1 aromatic heterocycles. The van der Waals surface area contributed by atoms with Crippen molar-refractivity contribution in [1.29, 1.82) is 0 Å². The quantitative estimate of drug-likeness (QED) is 0.590. The number of urea groups is 1. The average molecular weight is 374 g/mol. The van der Waals surface area contributed by atoms with Crippen molar-refractivity contribution in [1.82, 2.24) is 20.3 Å². The molecule has 0 aliphatic carbocycles. The Kier molecular flexibility index (Phi) is 8.41. The van der Waals surface area contributed by atoms with Gasteiger partial charge in [0.25, 0.3) is 0 Å². The zero-order valence-corrected chi connectivity index (χ0v) is 16.4.